The zero-order valence-corrected chi connectivity index (χ0v) is 21.0. The quantitative estimate of drug-likeness (QED) is 0.236. The number of rotatable bonds is 5. The van der Waals surface area contributed by atoms with Gasteiger partial charge in [0.05, 0.1) is 0 Å². The monoisotopic (exact) mass is 576 g/mol. The van der Waals surface area contributed by atoms with Gasteiger partial charge in [-0.2, -0.15) is 0 Å². The van der Waals surface area contributed by atoms with Crippen LogP contribution in [0.4, 0.5) is 0 Å². The van der Waals surface area contributed by atoms with Gasteiger partial charge in [0.1, 0.15) is 5.75 Å². The summed E-state index contributed by atoms with van der Waals surface area (Å²) < 4.78 is 4.85. The van der Waals surface area contributed by atoms with Crippen LogP contribution in [0.1, 0.15) is 22.6 Å². The largest absolute Gasteiger partial charge is 0.707 e. The second kappa shape index (κ2) is 10.4. The number of halogens is 8. The zero-order valence-electron chi connectivity index (χ0n) is 14.9. The second-order valence-corrected chi connectivity index (χ2v) is 9.56. The molecule has 0 amide bonds. The van der Waals surface area contributed by atoms with Crippen LogP contribution in [0.15, 0.2) is 36.4 Å². The van der Waals surface area contributed by atoms with Crippen LogP contribution in [-0.2, 0) is 0 Å². The molecule has 3 nitrogen and oxygen atoms in total. The molecule has 0 aliphatic rings. The van der Waals surface area contributed by atoms with Gasteiger partial charge in [-0.15, -0.1) is 0 Å². The summed E-state index contributed by atoms with van der Waals surface area (Å²) in [7, 11) is -2.06. The Morgan fingerprint density at radius 2 is 0.839 bits per heavy atom. The number of hydrogen-bond donors (Lipinski definition) is 2. The normalized spacial score (nSPS) is 11.2. The van der Waals surface area contributed by atoms with Crippen molar-refractivity contribution in [2.24, 2.45) is 0 Å². The highest BCUT2D eigenvalue weighted by molar-refractivity contribution is 6.42. The van der Waals surface area contributed by atoms with Crippen LogP contribution in [0, 0.1) is 0 Å². The predicted octanol–water partition coefficient (Wildman–Crippen LogP) is 8.44. The zero-order chi connectivity index (χ0) is 23.0. The fourth-order valence-corrected chi connectivity index (χ4v) is 5.87. The Morgan fingerprint density at radius 3 is 1.13 bits per heavy atom. The molecule has 0 spiro atoms. The van der Waals surface area contributed by atoms with Gasteiger partial charge in [0, 0.05) is 62.8 Å². The number of benzene rings is 3. The van der Waals surface area contributed by atoms with Gasteiger partial charge >= 0.3 is 7.32 Å². The molecule has 0 fully saturated rings. The summed E-state index contributed by atoms with van der Waals surface area (Å²) in [4.78, 5) is 0. The van der Waals surface area contributed by atoms with E-state index in [1.54, 1.807) is 0 Å². The van der Waals surface area contributed by atoms with Gasteiger partial charge in [0.15, 0.2) is 0 Å². The van der Waals surface area contributed by atoms with E-state index in [0.29, 0.717) is 26.7 Å². The van der Waals surface area contributed by atoms with Gasteiger partial charge in [-0.3, -0.25) is 0 Å². The summed E-state index contributed by atoms with van der Waals surface area (Å²) in [5.41, 5.74) is 1.15. The molecule has 3 aromatic rings. The molecule has 0 atom stereocenters. The van der Waals surface area contributed by atoms with Gasteiger partial charge in [-0.25, -0.2) is 0 Å². The Kier molecular flexibility index (Phi) is 8.48. The molecule has 2 N–H and O–H groups in total. The lowest BCUT2D eigenvalue weighted by molar-refractivity contribution is 0.288. The SMILES string of the molecule is OB(O)Oc1cc(Cl)c(C(c2c(Cl)cc(Cl)cc2Cl)c2c(Cl)cc(Cl)cc2Cl)c(Cl)c1. The van der Waals surface area contributed by atoms with Crippen molar-refractivity contribution in [2.75, 3.05) is 0 Å². The summed E-state index contributed by atoms with van der Waals surface area (Å²) in [6, 6.07) is 8.75. The summed E-state index contributed by atoms with van der Waals surface area (Å²) in [5.74, 6) is -0.809. The first kappa shape index (κ1) is 25.4. The van der Waals surface area contributed by atoms with Gasteiger partial charge in [-0.1, -0.05) is 92.8 Å². The molecule has 162 valence electrons. The van der Waals surface area contributed by atoms with E-state index in [1.807, 2.05) is 0 Å². The van der Waals surface area contributed by atoms with Crippen LogP contribution in [0.5, 0.6) is 5.75 Å². The second-order valence-electron chi connectivity index (χ2n) is 6.24. The van der Waals surface area contributed by atoms with Crippen molar-refractivity contribution in [3.05, 3.63) is 93.3 Å². The summed E-state index contributed by atoms with van der Waals surface area (Å²) in [6.07, 6.45) is 0. The minimum atomic E-state index is -2.06. The molecule has 0 saturated heterocycles. The average Bonchev–Trinajstić information content (AvgIpc) is 2.58. The first-order valence-electron chi connectivity index (χ1n) is 8.30. The van der Waals surface area contributed by atoms with Crippen molar-refractivity contribution >= 4 is 100 Å². The van der Waals surface area contributed by atoms with Crippen molar-refractivity contribution in [1.82, 2.24) is 0 Å². The fraction of sp³-hybridized carbons (Fsp3) is 0.0526. The Balaban J connectivity index is 2.37. The molecule has 12 heteroatoms. The minimum Gasteiger partial charge on any atom is -0.512 e. The Bertz CT molecular complexity index is 1030. The lowest BCUT2D eigenvalue weighted by Gasteiger charge is -2.26. The molecule has 0 aliphatic heterocycles. The lowest BCUT2D eigenvalue weighted by Crippen LogP contribution is -2.20. The first-order chi connectivity index (χ1) is 14.5. The van der Waals surface area contributed by atoms with Crippen molar-refractivity contribution < 1.29 is 14.7 Å². The molecule has 0 heterocycles. The third-order valence-corrected chi connectivity index (χ3v) is 6.56. The molecule has 0 aromatic heterocycles. The number of hydrogen-bond acceptors (Lipinski definition) is 3. The third-order valence-electron chi connectivity index (χ3n) is 4.25. The van der Waals surface area contributed by atoms with E-state index in [9.17, 15) is 0 Å². The molecule has 0 aliphatic carbocycles. The maximum Gasteiger partial charge on any atom is 0.707 e. The summed E-state index contributed by atoms with van der Waals surface area (Å²) in [5, 5.41) is 19.9. The predicted molar refractivity (Wildman–Crippen MR) is 131 cm³/mol. The van der Waals surface area contributed by atoms with E-state index < -0.39 is 13.2 Å². The van der Waals surface area contributed by atoms with Crippen LogP contribution >= 0.6 is 92.8 Å². The topological polar surface area (TPSA) is 49.7 Å². The minimum absolute atomic E-state index is 0.0223. The van der Waals surface area contributed by atoms with Crippen molar-refractivity contribution in [3.8, 4) is 5.75 Å². The molecular weight excluding hydrogens is 571 g/mol. The van der Waals surface area contributed by atoms with E-state index in [0.717, 1.165) is 0 Å². The van der Waals surface area contributed by atoms with Gasteiger partial charge in [0.2, 0.25) is 0 Å². The molecule has 3 rings (SSSR count). The van der Waals surface area contributed by atoms with Crippen molar-refractivity contribution in [2.45, 2.75) is 5.92 Å². The average molecular weight is 580 g/mol. The fourth-order valence-electron chi connectivity index (χ4n) is 3.12. The smallest absolute Gasteiger partial charge is 0.512 e. The third kappa shape index (κ3) is 5.64. The Hall–Kier alpha value is -0.235. The van der Waals surface area contributed by atoms with Crippen LogP contribution in [0.3, 0.4) is 0 Å². The van der Waals surface area contributed by atoms with Crippen LogP contribution in [-0.4, -0.2) is 17.4 Å². The van der Waals surface area contributed by atoms with Crippen LogP contribution in [0.25, 0.3) is 0 Å². The van der Waals surface area contributed by atoms with Crippen LogP contribution < -0.4 is 4.65 Å². The summed E-state index contributed by atoms with van der Waals surface area (Å²) in [6.45, 7) is 0. The van der Waals surface area contributed by atoms with E-state index in [2.05, 4.69) is 0 Å². The van der Waals surface area contributed by atoms with Crippen molar-refractivity contribution in [1.29, 1.82) is 0 Å². The molecule has 0 bridgehead atoms. The van der Waals surface area contributed by atoms with E-state index in [-0.39, 0.29) is 35.9 Å². The highest BCUT2D eigenvalue weighted by Gasteiger charge is 2.31. The molecular formula is C19H9BCl8O3. The van der Waals surface area contributed by atoms with E-state index in [4.69, 9.17) is 108 Å². The Labute approximate surface area is 218 Å². The van der Waals surface area contributed by atoms with Gasteiger partial charge < -0.3 is 14.7 Å². The maximum atomic E-state index is 9.07. The van der Waals surface area contributed by atoms with E-state index in [1.165, 1.54) is 36.4 Å². The molecule has 0 radical (unpaired) electrons. The lowest BCUT2D eigenvalue weighted by atomic mass is 9.84. The van der Waals surface area contributed by atoms with E-state index >= 15 is 0 Å². The first-order valence-corrected chi connectivity index (χ1v) is 11.3. The molecule has 0 saturated carbocycles. The molecule has 31 heavy (non-hydrogen) atoms. The highest BCUT2D eigenvalue weighted by atomic mass is 35.5. The molecule has 3 aromatic carbocycles. The van der Waals surface area contributed by atoms with Gasteiger partial charge in [0.25, 0.3) is 0 Å². The van der Waals surface area contributed by atoms with Crippen molar-refractivity contribution in [3.63, 3.8) is 0 Å². The highest BCUT2D eigenvalue weighted by Crippen LogP contribution is 2.50. The van der Waals surface area contributed by atoms with Crippen LogP contribution in [0.2, 0.25) is 40.2 Å². The van der Waals surface area contributed by atoms with Gasteiger partial charge in [-0.05, 0) is 36.4 Å². The summed E-state index contributed by atoms with van der Waals surface area (Å²) >= 11 is 51.3. The molecule has 0 unspecified atom stereocenters. The maximum absolute atomic E-state index is 9.07. The standard InChI is InChI=1S/C19H9BCl8O3/c21-7-1-10(23)16(11(24)2-7)19(17-12(25)3-8(22)4-13(17)26)18-14(27)5-9(6-15(18)28)31-20(29)30/h1-6,19,29-30H. The Morgan fingerprint density at radius 1 is 0.548 bits per heavy atom.